The third-order valence-corrected chi connectivity index (χ3v) is 2.13. The van der Waals surface area contributed by atoms with Crippen LogP contribution in [-0.2, 0) is 0 Å². The molecule has 0 radical (unpaired) electrons. The molecule has 0 saturated carbocycles. The number of nitrogen functional groups attached to an aromatic ring is 1. The normalized spacial score (nSPS) is 10.2. The lowest BCUT2D eigenvalue weighted by atomic mass is 10.1. The number of anilines is 1. The smallest absolute Gasteiger partial charge is 0.0934 e. The first kappa shape index (κ1) is 8.14. The number of aromatic nitrogens is 1. The van der Waals surface area contributed by atoms with Crippen molar-refractivity contribution in [2.24, 2.45) is 4.74 Å². The van der Waals surface area contributed by atoms with Crippen LogP contribution in [0.2, 0.25) is 0 Å². The van der Waals surface area contributed by atoms with E-state index in [9.17, 15) is 0 Å². The quantitative estimate of drug-likeness (QED) is 0.553. The van der Waals surface area contributed by atoms with E-state index in [2.05, 4.69) is 18.8 Å². The Hall–Kier alpha value is -1.47. The molecule has 0 aliphatic carbocycles. The number of benzene rings is 1. The lowest BCUT2D eigenvalue weighted by Gasteiger charge is -2.00. The van der Waals surface area contributed by atoms with E-state index in [1.807, 2.05) is 18.2 Å². The monoisotopic (exact) mass is 189 g/mol. The molecule has 2 N–H and O–H groups in total. The molecule has 0 fully saturated rings. The average molecular weight is 189 g/mol. The summed E-state index contributed by atoms with van der Waals surface area (Å²) in [6.07, 6.45) is 3.48. The molecule has 1 aromatic carbocycles. The summed E-state index contributed by atoms with van der Waals surface area (Å²) in [5.74, 6) is 0. The fraction of sp³-hybridized carbons (Fsp3) is 0. The predicted molar refractivity (Wildman–Crippen MR) is 56.6 cm³/mol. The zero-order valence-corrected chi connectivity index (χ0v) is 7.86. The van der Waals surface area contributed by atoms with Crippen LogP contribution in [0.1, 0.15) is 0 Å². The van der Waals surface area contributed by atoms with Crippen LogP contribution in [0, 0.1) is 0 Å². The van der Waals surface area contributed by atoms with Gasteiger partial charge in [-0.1, -0.05) is 6.07 Å². The number of nitrogens with two attached hydrogens (primary N) is 1. The molecule has 1 heterocycles. The molecule has 0 amide bonds. The van der Waals surface area contributed by atoms with Gasteiger partial charge in [-0.15, -0.1) is 0 Å². The number of pyridine rings is 1. The summed E-state index contributed by atoms with van der Waals surface area (Å²) in [5, 5.41) is 2.04. The number of nitrogens with zero attached hydrogens (tertiary/aromatic N) is 2. The van der Waals surface area contributed by atoms with Crippen LogP contribution >= 0.6 is 9.03 Å². The van der Waals surface area contributed by atoms with E-state index in [0.717, 1.165) is 22.1 Å². The van der Waals surface area contributed by atoms with Crippen LogP contribution in [0.15, 0.2) is 35.3 Å². The molecule has 2 rings (SSSR count). The van der Waals surface area contributed by atoms with Gasteiger partial charge < -0.3 is 5.73 Å². The molecule has 4 heteroatoms. The maximum Gasteiger partial charge on any atom is 0.0934 e. The van der Waals surface area contributed by atoms with Gasteiger partial charge in [-0.05, 0) is 21.2 Å². The maximum atomic E-state index is 5.67. The third kappa shape index (κ3) is 1.38. The standard InChI is InChI=1S/C9H8N3P/c10-7-2-1-6-4-11-5-9(12-13)8(6)3-7/h1-5,13H,10H2. The van der Waals surface area contributed by atoms with Crippen molar-refractivity contribution < 1.29 is 0 Å². The Kier molecular flexibility index (Phi) is 1.95. The van der Waals surface area contributed by atoms with Crippen molar-refractivity contribution in [3.63, 3.8) is 0 Å². The van der Waals surface area contributed by atoms with Crippen molar-refractivity contribution in [3.8, 4) is 0 Å². The van der Waals surface area contributed by atoms with Gasteiger partial charge in [0.15, 0.2) is 0 Å². The molecule has 1 aromatic heterocycles. The van der Waals surface area contributed by atoms with Crippen LogP contribution in [0.3, 0.4) is 0 Å². The van der Waals surface area contributed by atoms with Crippen LogP contribution in [0.5, 0.6) is 0 Å². The zero-order valence-electron chi connectivity index (χ0n) is 6.86. The van der Waals surface area contributed by atoms with Gasteiger partial charge in [-0.2, -0.15) is 0 Å². The highest BCUT2D eigenvalue weighted by atomic mass is 31.0. The minimum absolute atomic E-state index is 0.732. The first-order valence-electron chi connectivity index (χ1n) is 3.82. The topological polar surface area (TPSA) is 51.3 Å². The largest absolute Gasteiger partial charge is 0.399 e. The first-order chi connectivity index (χ1) is 6.31. The lowest BCUT2D eigenvalue weighted by molar-refractivity contribution is 1.35. The molecule has 0 atom stereocenters. The number of fused-ring (bicyclic) bond motifs is 1. The molecular weight excluding hydrogens is 181 g/mol. The van der Waals surface area contributed by atoms with E-state index in [0.29, 0.717) is 0 Å². The zero-order chi connectivity index (χ0) is 9.26. The van der Waals surface area contributed by atoms with Crippen LogP contribution in [0.4, 0.5) is 11.4 Å². The summed E-state index contributed by atoms with van der Waals surface area (Å²) in [5.41, 5.74) is 7.19. The second-order valence-electron chi connectivity index (χ2n) is 2.75. The summed E-state index contributed by atoms with van der Waals surface area (Å²) in [6.45, 7) is 0. The Morgan fingerprint density at radius 2 is 2.15 bits per heavy atom. The van der Waals surface area contributed by atoms with Crippen LogP contribution < -0.4 is 5.73 Å². The molecule has 0 saturated heterocycles. The summed E-state index contributed by atoms with van der Waals surface area (Å²) in [7, 11) is 3.10. The summed E-state index contributed by atoms with van der Waals surface area (Å²) in [4.78, 5) is 4.05. The molecule has 64 valence electrons. The van der Waals surface area contributed by atoms with Crippen molar-refractivity contribution in [1.29, 1.82) is 0 Å². The van der Waals surface area contributed by atoms with Crippen LogP contribution in [0.25, 0.3) is 10.8 Å². The average Bonchev–Trinajstić information content (AvgIpc) is 2.17. The highest BCUT2D eigenvalue weighted by Gasteiger charge is 1.99. The van der Waals surface area contributed by atoms with Gasteiger partial charge in [-0.3, -0.25) is 4.98 Å². The van der Waals surface area contributed by atoms with E-state index in [1.54, 1.807) is 12.4 Å². The minimum Gasteiger partial charge on any atom is -0.399 e. The summed E-state index contributed by atoms with van der Waals surface area (Å²) >= 11 is 0. The highest BCUT2D eigenvalue weighted by Crippen LogP contribution is 2.26. The van der Waals surface area contributed by atoms with E-state index in [-0.39, 0.29) is 0 Å². The molecule has 0 spiro atoms. The fourth-order valence-corrected chi connectivity index (χ4v) is 1.43. The maximum absolute atomic E-state index is 5.67. The van der Waals surface area contributed by atoms with Gasteiger partial charge in [0.1, 0.15) is 0 Å². The number of rotatable bonds is 1. The fourth-order valence-electron chi connectivity index (χ4n) is 1.26. The van der Waals surface area contributed by atoms with Crippen LogP contribution in [-0.4, -0.2) is 4.98 Å². The van der Waals surface area contributed by atoms with E-state index in [1.165, 1.54) is 0 Å². The second-order valence-corrected chi connectivity index (χ2v) is 2.97. The van der Waals surface area contributed by atoms with Crippen molar-refractivity contribution in [2.75, 3.05) is 5.73 Å². The Balaban J connectivity index is 2.86. The van der Waals surface area contributed by atoms with Crippen molar-refractivity contribution >= 4 is 31.2 Å². The second kappa shape index (κ2) is 3.11. The molecule has 0 aliphatic rings. The SMILES string of the molecule is Nc1ccc2cncc(N=P)c2c1. The van der Waals surface area contributed by atoms with E-state index in [4.69, 9.17) is 5.73 Å². The molecular formula is C9H8N3P. The molecule has 2 aromatic rings. The molecule has 0 aliphatic heterocycles. The van der Waals surface area contributed by atoms with Gasteiger partial charge in [-0.25, -0.2) is 4.74 Å². The van der Waals surface area contributed by atoms with Gasteiger partial charge in [0.25, 0.3) is 0 Å². The van der Waals surface area contributed by atoms with E-state index >= 15 is 0 Å². The van der Waals surface area contributed by atoms with Gasteiger partial charge in [0.05, 0.1) is 11.9 Å². The lowest BCUT2D eigenvalue weighted by Crippen LogP contribution is -1.84. The van der Waals surface area contributed by atoms with Crippen molar-refractivity contribution in [1.82, 2.24) is 4.98 Å². The molecule has 13 heavy (non-hydrogen) atoms. The van der Waals surface area contributed by atoms with Crippen molar-refractivity contribution in [3.05, 3.63) is 30.6 Å². The predicted octanol–water partition coefficient (Wildman–Crippen LogP) is 2.77. The molecule has 0 unspecified atom stereocenters. The summed E-state index contributed by atoms with van der Waals surface area (Å²) < 4.78 is 3.93. The number of hydrogen-bond donors (Lipinski definition) is 1. The minimum atomic E-state index is 0.732. The Morgan fingerprint density at radius 1 is 1.31 bits per heavy atom. The Labute approximate surface area is 77.9 Å². The summed E-state index contributed by atoms with van der Waals surface area (Å²) in [6, 6.07) is 5.66. The van der Waals surface area contributed by atoms with E-state index < -0.39 is 0 Å². The Bertz CT molecular complexity index is 467. The first-order valence-corrected chi connectivity index (χ1v) is 4.26. The highest BCUT2D eigenvalue weighted by molar-refractivity contribution is 7.04. The molecule has 3 nitrogen and oxygen atoms in total. The third-order valence-electron chi connectivity index (χ3n) is 1.88. The van der Waals surface area contributed by atoms with Gasteiger partial charge >= 0.3 is 0 Å². The van der Waals surface area contributed by atoms with Gasteiger partial charge in [0.2, 0.25) is 0 Å². The number of hydrogen-bond acceptors (Lipinski definition) is 3. The van der Waals surface area contributed by atoms with Gasteiger partial charge in [0, 0.05) is 22.7 Å². The molecule has 0 bridgehead atoms. The van der Waals surface area contributed by atoms with Crippen molar-refractivity contribution in [2.45, 2.75) is 0 Å². The Morgan fingerprint density at radius 3 is 2.92 bits per heavy atom.